The minimum Gasteiger partial charge on any atom is -0.481 e. The first kappa shape index (κ1) is 16.0. The standard InChI is InChI=1S/C16H23NO3S/c1-12-10-17(11-14(12)16(19)20)15(18)8-4-2-3-6-13-7-5-9-21-13/h5,7,9,12,14H,2-4,6,8,10-11H2,1H3,(H,19,20)/t12-,14-/m1/s1. The summed E-state index contributed by atoms with van der Waals surface area (Å²) in [7, 11) is 0. The molecule has 0 radical (unpaired) electrons. The lowest BCUT2D eigenvalue weighted by molar-refractivity contribution is -0.142. The van der Waals surface area contributed by atoms with E-state index in [-0.39, 0.29) is 11.8 Å². The first-order chi connectivity index (χ1) is 10.1. The van der Waals surface area contributed by atoms with Gasteiger partial charge < -0.3 is 10.0 Å². The molecular weight excluding hydrogens is 286 g/mol. The van der Waals surface area contributed by atoms with E-state index in [0.29, 0.717) is 19.5 Å². The monoisotopic (exact) mass is 309 g/mol. The number of rotatable bonds is 7. The molecule has 0 saturated carbocycles. The van der Waals surface area contributed by atoms with Crippen molar-refractivity contribution in [2.24, 2.45) is 11.8 Å². The largest absolute Gasteiger partial charge is 0.481 e. The Balaban J connectivity index is 1.62. The number of carbonyl (C=O) groups is 2. The summed E-state index contributed by atoms with van der Waals surface area (Å²) in [5.41, 5.74) is 0. The summed E-state index contributed by atoms with van der Waals surface area (Å²) in [6.07, 6.45) is 4.70. The van der Waals surface area contributed by atoms with E-state index in [0.717, 1.165) is 25.7 Å². The third kappa shape index (κ3) is 4.56. The number of hydrogen-bond donors (Lipinski definition) is 1. The highest BCUT2D eigenvalue weighted by Gasteiger charge is 2.36. The Kier molecular flexibility index (Phi) is 5.79. The predicted octanol–water partition coefficient (Wildman–Crippen LogP) is 3.03. The fourth-order valence-electron chi connectivity index (χ4n) is 2.86. The van der Waals surface area contributed by atoms with Crippen LogP contribution in [-0.4, -0.2) is 35.0 Å². The number of aliphatic carboxylic acids is 1. The maximum atomic E-state index is 12.1. The summed E-state index contributed by atoms with van der Waals surface area (Å²) in [5.74, 6) is -1.01. The number of thiophene rings is 1. The second kappa shape index (κ2) is 7.59. The number of nitrogens with zero attached hydrogens (tertiary/aromatic N) is 1. The number of amides is 1. The average molecular weight is 309 g/mol. The van der Waals surface area contributed by atoms with Gasteiger partial charge in [-0.25, -0.2) is 0 Å². The van der Waals surface area contributed by atoms with Crippen molar-refractivity contribution in [3.8, 4) is 0 Å². The molecule has 1 saturated heterocycles. The lowest BCUT2D eigenvalue weighted by Crippen LogP contribution is -2.29. The first-order valence-corrected chi connectivity index (χ1v) is 8.49. The summed E-state index contributed by atoms with van der Waals surface area (Å²) >= 11 is 1.78. The molecule has 1 fully saturated rings. The smallest absolute Gasteiger partial charge is 0.308 e. The molecule has 1 aromatic rings. The Morgan fingerprint density at radius 3 is 2.76 bits per heavy atom. The van der Waals surface area contributed by atoms with Gasteiger partial charge in [0.05, 0.1) is 5.92 Å². The Labute approximate surface area is 129 Å². The lowest BCUT2D eigenvalue weighted by atomic mass is 9.99. The molecule has 0 unspecified atom stereocenters. The highest BCUT2D eigenvalue weighted by atomic mass is 32.1. The van der Waals surface area contributed by atoms with Gasteiger partial charge in [-0.3, -0.25) is 9.59 Å². The quantitative estimate of drug-likeness (QED) is 0.788. The van der Waals surface area contributed by atoms with Crippen molar-refractivity contribution in [2.45, 2.75) is 39.0 Å². The molecule has 0 aliphatic carbocycles. The third-order valence-electron chi connectivity index (χ3n) is 4.18. The molecule has 2 atom stereocenters. The van der Waals surface area contributed by atoms with Crippen LogP contribution in [0.3, 0.4) is 0 Å². The van der Waals surface area contributed by atoms with Crippen LogP contribution in [0.4, 0.5) is 0 Å². The van der Waals surface area contributed by atoms with Crippen LogP contribution in [-0.2, 0) is 16.0 Å². The minimum absolute atomic E-state index is 0.0604. The number of likely N-dealkylation sites (tertiary alicyclic amines) is 1. The van der Waals surface area contributed by atoms with E-state index >= 15 is 0 Å². The Bertz CT molecular complexity index is 472. The molecule has 21 heavy (non-hydrogen) atoms. The molecule has 5 heteroatoms. The van der Waals surface area contributed by atoms with Gasteiger partial charge in [0.1, 0.15) is 0 Å². The zero-order valence-electron chi connectivity index (χ0n) is 12.5. The van der Waals surface area contributed by atoms with Gasteiger partial charge >= 0.3 is 5.97 Å². The Morgan fingerprint density at radius 2 is 2.14 bits per heavy atom. The highest BCUT2D eigenvalue weighted by molar-refractivity contribution is 7.09. The van der Waals surface area contributed by atoms with Gasteiger partial charge in [0.25, 0.3) is 0 Å². The topological polar surface area (TPSA) is 57.6 Å². The molecule has 0 aromatic carbocycles. The fourth-order valence-corrected chi connectivity index (χ4v) is 3.61. The van der Waals surface area contributed by atoms with Gasteiger partial charge in [0, 0.05) is 24.4 Å². The van der Waals surface area contributed by atoms with E-state index in [1.807, 2.05) is 6.92 Å². The van der Waals surface area contributed by atoms with Crippen molar-refractivity contribution in [1.82, 2.24) is 4.90 Å². The molecule has 2 rings (SSSR count). The number of carboxylic acids is 1. The van der Waals surface area contributed by atoms with Crippen LogP contribution in [0, 0.1) is 11.8 Å². The zero-order chi connectivity index (χ0) is 15.2. The van der Waals surface area contributed by atoms with Gasteiger partial charge in [-0.15, -0.1) is 11.3 Å². The molecule has 1 aromatic heterocycles. The summed E-state index contributed by atoms with van der Waals surface area (Å²) in [6.45, 7) is 2.88. The van der Waals surface area contributed by atoms with Gasteiger partial charge in [-0.05, 0) is 36.6 Å². The maximum absolute atomic E-state index is 12.1. The molecule has 4 nitrogen and oxygen atoms in total. The van der Waals surface area contributed by atoms with Crippen molar-refractivity contribution in [1.29, 1.82) is 0 Å². The lowest BCUT2D eigenvalue weighted by Gasteiger charge is -2.15. The maximum Gasteiger partial charge on any atom is 0.308 e. The Morgan fingerprint density at radius 1 is 1.33 bits per heavy atom. The molecule has 1 aliphatic heterocycles. The fraction of sp³-hybridized carbons (Fsp3) is 0.625. The molecule has 2 heterocycles. The van der Waals surface area contributed by atoms with Crippen LogP contribution in [0.15, 0.2) is 17.5 Å². The van der Waals surface area contributed by atoms with Gasteiger partial charge in [-0.1, -0.05) is 19.4 Å². The van der Waals surface area contributed by atoms with Crippen molar-refractivity contribution in [3.05, 3.63) is 22.4 Å². The number of carbonyl (C=O) groups excluding carboxylic acids is 1. The van der Waals surface area contributed by atoms with E-state index in [4.69, 9.17) is 5.11 Å². The zero-order valence-corrected chi connectivity index (χ0v) is 13.3. The average Bonchev–Trinajstić information content (AvgIpc) is 3.07. The van der Waals surface area contributed by atoms with Crippen molar-refractivity contribution >= 4 is 23.2 Å². The highest BCUT2D eigenvalue weighted by Crippen LogP contribution is 2.24. The number of aryl methyl sites for hydroxylation is 1. The van der Waals surface area contributed by atoms with Crippen molar-refractivity contribution < 1.29 is 14.7 Å². The van der Waals surface area contributed by atoms with Crippen LogP contribution in [0.1, 0.15) is 37.5 Å². The normalized spacial score (nSPS) is 21.7. The molecule has 1 amide bonds. The van der Waals surface area contributed by atoms with E-state index in [1.54, 1.807) is 16.2 Å². The number of hydrogen-bond acceptors (Lipinski definition) is 3. The van der Waals surface area contributed by atoms with Crippen LogP contribution >= 0.6 is 11.3 Å². The number of unbranched alkanes of at least 4 members (excludes halogenated alkanes) is 2. The molecule has 0 bridgehead atoms. The molecular formula is C16H23NO3S. The van der Waals surface area contributed by atoms with Crippen LogP contribution in [0.5, 0.6) is 0 Å². The van der Waals surface area contributed by atoms with Crippen LogP contribution in [0.25, 0.3) is 0 Å². The molecule has 0 spiro atoms. The van der Waals surface area contributed by atoms with E-state index < -0.39 is 11.9 Å². The van der Waals surface area contributed by atoms with E-state index in [2.05, 4.69) is 17.5 Å². The summed E-state index contributed by atoms with van der Waals surface area (Å²) in [5, 5.41) is 11.2. The SMILES string of the molecule is C[C@@H]1CN(C(=O)CCCCCc2cccs2)C[C@H]1C(=O)O. The van der Waals surface area contributed by atoms with Crippen molar-refractivity contribution in [2.75, 3.05) is 13.1 Å². The van der Waals surface area contributed by atoms with Gasteiger partial charge in [0.15, 0.2) is 0 Å². The van der Waals surface area contributed by atoms with E-state index in [9.17, 15) is 9.59 Å². The van der Waals surface area contributed by atoms with Crippen LogP contribution < -0.4 is 0 Å². The predicted molar refractivity (Wildman–Crippen MR) is 83.4 cm³/mol. The first-order valence-electron chi connectivity index (χ1n) is 7.61. The minimum atomic E-state index is -0.784. The van der Waals surface area contributed by atoms with Crippen LogP contribution in [0.2, 0.25) is 0 Å². The molecule has 1 aliphatic rings. The number of carboxylic acid groups (broad SMARTS) is 1. The summed E-state index contributed by atoms with van der Waals surface area (Å²) in [4.78, 5) is 26.3. The second-order valence-corrected chi connectivity index (χ2v) is 6.89. The third-order valence-corrected chi connectivity index (χ3v) is 5.11. The van der Waals surface area contributed by atoms with Gasteiger partial charge in [-0.2, -0.15) is 0 Å². The second-order valence-electron chi connectivity index (χ2n) is 5.86. The van der Waals surface area contributed by atoms with Crippen molar-refractivity contribution in [3.63, 3.8) is 0 Å². The molecule has 1 N–H and O–H groups in total. The molecule has 116 valence electrons. The van der Waals surface area contributed by atoms with Gasteiger partial charge in [0.2, 0.25) is 5.91 Å². The summed E-state index contributed by atoms with van der Waals surface area (Å²) < 4.78 is 0. The summed E-state index contributed by atoms with van der Waals surface area (Å²) in [6, 6.07) is 4.21. The Hall–Kier alpha value is -1.36. The van der Waals surface area contributed by atoms with E-state index in [1.165, 1.54) is 4.88 Å².